The lowest BCUT2D eigenvalue weighted by Gasteiger charge is -2.29. The first-order valence-corrected chi connectivity index (χ1v) is 8.60. The number of ether oxygens (including phenoxy) is 1. The van der Waals surface area contributed by atoms with Crippen LogP contribution < -0.4 is 4.74 Å². The van der Waals surface area contributed by atoms with Gasteiger partial charge >= 0.3 is 0 Å². The third kappa shape index (κ3) is 7.94. The highest BCUT2D eigenvalue weighted by Gasteiger charge is 2.16. The minimum absolute atomic E-state index is 0.571. The van der Waals surface area contributed by atoms with Crippen molar-refractivity contribution in [3.8, 4) is 5.75 Å². The minimum atomic E-state index is 0.571. The van der Waals surface area contributed by atoms with E-state index in [2.05, 4.69) is 21.0 Å². The van der Waals surface area contributed by atoms with E-state index < -0.39 is 0 Å². The number of hydrogen-bond acceptors (Lipinski definition) is 1. The van der Waals surface area contributed by atoms with Gasteiger partial charge in [-0.05, 0) is 31.0 Å². The highest BCUT2D eigenvalue weighted by molar-refractivity contribution is 6.35. The molecule has 0 bridgehead atoms. The van der Waals surface area contributed by atoms with Crippen LogP contribution in [0, 0.1) is 0 Å². The molecular weight excluding hydrogens is 305 g/mol. The Balaban J connectivity index is 2.28. The van der Waals surface area contributed by atoms with Crippen LogP contribution in [0.3, 0.4) is 0 Å². The fraction of sp³-hybridized carbons (Fsp3) is 0.647. The molecule has 0 N–H and O–H groups in total. The average molecular weight is 333 g/mol. The van der Waals surface area contributed by atoms with Gasteiger partial charge < -0.3 is 4.74 Å². The number of hydrogen-bond donors (Lipinski definition) is 0. The van der Waals surface area contributed by atoms with Crippen molar-refractivity contribution in [3.05, 3.63) is 28.2 Å². The fourth-order valence-corrected chi connectivity index (χ4v) is 2.68. The molecule has 1 rings (SSSR count). The third-order valence-corrected chi connectivity index (χ3v) is 4.11. The molecule has 0 aliphatic rings. The number of rotatable bonds is 10. The molecule has 21 heavy (non-hydrogen) atoms. The van der Waals surface area contributed by atoms with E-state index in [0.717, 1.165) is 11.0 Å². The van der Waals surface area contributed by atoms with E-state index in [9.17, 15) is 0 Å². The highest BCUT2D eigenvalue weighted by Crippen LogP contribution is 2.27. The van der Waals surface area contributed by atoms with Crippen molar-refractivity contribution in [1.29, 1.82) is 0 Å². The molecular formula is C17H28Cl2NO+. The van der Waals surface area contributed by atoms with Gasteiger partial charge in [0.15, 0.2) is 0 Å². The molecule has 0 aliphatic carbocycles. The molecule has 4 heteroatoms. The lowest BCUT2D eigenvalue weighted by molar-refractivity contribution is -0.905. The normalized spacial score (nSPS) is 11.7. The van der Waals surface area contributed by atoms with Crippen LogP contribution in [0.25, 0.3) is 0 Å². The second kappa shape index (κ2) is 9.55. The zero-order valence-corrected chi connectivity index (χ0v) is 15.0. The average Bonchev–Trinajstić information content (AvgIpc) is 2.42. The van der Waals surface area contributed by atoms with Crippen LogP contribution >= 0.6 is 23.2 Å². The van der Waals surface area contributed by atoms with E-state index in [1.165, 1.54) is 38.5 Å². The number of quaternary nitrogens is 1. The Morgan fingerprint density at radius 1 is 1.00 bits per heavy atom. The molecule has 2 nitrogen and oxygen atoms in total. The number of unbranched alkanes of at least 4 members (excludes halogenated alkanes) is 5. The molecule has 0 aromatic heterocycles. The summed E-state index contributed by atoms with van der Waals surface area (Å²) in [7, 11) is 4.38. The Hall–Kier alpha value is -0.440. The molecule has 0 saturated heterocycles. The summed E-state index contributed by atoms with van der Waals surface area (Å²) >= 11 is 12.0. The number of nitrogens with zero attached hydrogens (tertiary/aromatic N) is 1. The Morgan fingerprint density at radius 2 is 1.67 bits per heavy atom. The van der Waals surface area contributed by atoms with Crippen LogP contribution in [-0.2, 0) is 0 Å². The Kier molecular flexibility index (Phi) is 8.46. The maximum absolute atomic E-state index is 6.12. The minimum Gasteiger partial charge on any atom is -0.444 e. The van der Waals surface area contributed by atoms with Crippen molar-refractivity contribution >= 4 is 23.2 Å². The van der Waals surface area contributed by atoms with Gasteiger partial charge in [-0.15, -0.1) is 0 Å². The summed E-state index contributed by atoms with van der Waals surface area (Å²) in [5.74, 6) is 0.704. The maximum Gasteiger partial charge on any atom is 0.223 e. The zero-order chi connectivity index (χ0) is 15.7. The van der Waals surface area contributed by atoms with Crippen molar-refractivity contribution in [2.24, 2.45) is 0 Å². The molecule has 0 fully saturated rings. The van der Waals surface area contributed by atoms with Gasteiger partial charge in [-0.2, -0.15) is 0 Å². The Labute approximate surface area is 139 Å². The molecule has 0 saturated carbocycles. The van der Waals surface area contributed by atoms with Crippen LogP contribution in [-0.4, -0.2) is 31.9 Å². The SMILES string of the molecule is CCCCCCCC[N+](C)(C)COc1ccc(Cl)cc1Cl. The smallest absolute Gasteiger partial charge is 0.223 e. The van der Waals surface area contributed by atoms with Crippen LogP contribution in [0.1, 0.15) is 45.4 Å². The summed E-state index contributed by atoms with van der Waals surface area (Å²) in [6.45, 7) is 3.99. The molecule has 1 aromatic carbocycles. The van der Waals surface area contributed by atoms with Gasteiger partial charge in [0.05, 0.1) is 25.7 Å². The van der Waals surface area contributed by atoms with Gasteiger partial charge in [-0.1, -0.05) is 55.8 Å². The lowest BCUT2D eigenvalue weighted by Crippen LogP contribution is -2.43. The number of benzene rings is 1. The van der Waals surface area contributed by atoms with Gasteiger partial charge in [0.2, 0.25) is 6.73 Å². The Morgan fingerprint density at radius 3 is 2.33 bits per heavy atom. The first kappa shape index (κ1) is 18.6. The van der Waals surface area contributed by atoms with Gasteiger partial charge in [-0.25, -0.2) is 0 Å². The summed E-state index contributed by atoms with van der Waals surface area (Å²) < 4.78 is 6.67. The first-order valence-electron chi connectivity index (χ1n) is 7.84. The lowest BCUT2D eigenvalue weighted by atomic mass is 10.1. The van der Waals surface area contributed by atoms with Crippen molar-refractivity contribution < 1.29 is 9.22 Å². The predicted octanol–water partition coefficient (Wildman–Crippen LogP) is 5.77. The monoisotopic (exact) mass is 332 g/mol. The van der Waals surface area contributed by atoms with E-state index in [-0.39, 0.29) is 0 Å². The molecule has 0 unspecified atom stereocenters. The molecule has 120 valence electrons. The molecule has 0 aliphatic heterocycles. The molecule has 0 heterocycles. The van der Waals surface area contributed by atoms with E-state index >= 15 is 0 Å². The van der Waals surface area contributed by atoms with Crippen LogP contribution in [0.15, 0.2) is 18.2 Å². The van der Waals surface area contributed by atoms with Crippen molar-refractivity contribution in [2.75, 3.05) is 27.4 Å². The molecule has 1 aromatic rings. The van der Waals surface area contributed by atoms with Crippen molar-refractivity contribution in [2.45, 2.75) is 45.4 Å². The molecule has 0 atom stereocenters. The summed E-state index contributed by atoms with van der Waals surface area (Å²) in [5.41, 5.74) is 0. The summed E-state index contributed by atoms with van der Waals surface area (Å²) in [4.78, 5) is 0. The van der Waals surface area contributed by atoms with Crippen molar-refractivity contribution in [3.63, 3.8) is 0 Å². The van der Waals surface area contributed by atoms with Gasteiger partial charge in [-0.3, -0.25) is 4.48 Å². The number of halogens is 2. The van der Waals surface area contributed by atoms with Crippen LogP contribution in [0.4, 0.5) is 0 Å². The third-order valence-electron chi connectivity index (χ3n) is 3.58. The maximum atomic E-state index is 6.12. The van der Waals surface area contributed by atoms with E-state index in [0.29, 0.717) is 22.5 Å². The van der Waals surface area contributed by atoms with Crippen molar-refractivity contribution in [1.82, 2.24) is 0 Å². The molecule has 0 spiro atoms. The standard InChI is InChI=1S/C17H28Cl2NO/c1-4-5-6-7-8-9-12-20(2,3)14-21-17-11-10-15(18)13-16(17)19/h10-11,13H,4-9,12,14H2,1-3H3/q+1. The highest BCUT2D eigenvalue weighted by atomic mass is 35.5. The zero-order valence-electron chi connectivity index (χ0n) is 13.5. The summed E-state index contributed by atoms with van der Waals surface area (Å²) in [6, 6.07) is 5.35. The predicted molar refractivity (Wildman–Crippen MR) is 92.3 cm³/mol. The second-order valence-electron chi connectivity index (χ2n) is 6.28. The quantitative estimate of drug-likeness (QED) is 0.300. The van der Waals surface area contributed by atoms with E-state index in [1.54, 1.807) is 12.1 Å². The Bertz CT molecular complexity index is 421. The second-order valence-corrected chi connectivity index (χ2v) is 7.12. The largest absolute Gasteiger partial charge is 0.444 e. The molecule has 0 radical (unpaired) electrons. The topological polar surface area (TPSA) is 9.23 Å². The summed E-state index contributed by atoms with van der Waals surface area (Å²) in [6.07, 6.45) is 7.92. The first-order chi connectivity index (χ1) is 9.94. The van der Waals surface area contributed by atoms with Crippen LogP contribution in [0.2, 0.25) is 10.0 Å². The fourth-order valence-electron chi connectivity index (χ4n) is 2.22. The summed E-state index contributed by atoms with van der Waals surface area (Å²) in [5, 5.41) is 1.20. The van der Waals surface area contributed by atoms with E-state index in [4.69, 9.17) is 27.9 Å². The van der Waals surface area contributed by atoms with Gasteiger partial charge in [0.25, 0.3) is 0 Å². The van der Waals surface area contributed by atoms with E-state index in [1.807, 2.05) is 6.07 Å². The van der Waals surface area contributed by atoms with Gasteiger partial charge in [0, 0.05) is 5.02 Å². The molecule has 0 amide bonds. The van der Waals surface area contributed by atoms with Gasteiger partial charge in [0.1, 0.15) is 5.75 Å². The van der Waals surface area contributed by atoms with Crippen LogP contribution in [0.5, 0.6) is 5.75 Å².